The minimum atomic E-state index is -0.161. The maximum Gasteiger partial charge on any atom is 0.0677 e. The second-order valence-corrected chi connectivity index (χ2v) is 4.24. The van der Waals surface area contributed by atoms with Crippen molar-refractivity contribution in [3.05, 3.63) is 0 Å². The molecule has 0 aromatic carbocycles. The summed E-state index contributed by atoms with van der Waals surface area (Å²) in [5.74, 6) is 6.71. The van der Waals surface area contributed by atoms with E-state index in [1.165, 1.54) is 32.1 Å². The lowest BCUT2D eigenvalue weighted by Crippen LogP contribution is -2.16. The van der Waals surface area contributed by atoms with Gasteiger partial charge in [0.25, 0.3) is 0 Å². The molecule has 80 valence electrons. The number of aliphatic hydroxyl groups excluding tert-OH is 1. The molecule has 0 spiro atoms. The van der Waals surface area contributed by atoms with Crippen LogP contribution in [-0.4, -0.2) is 11.2 Å². The van der Waals surface area contributed by atoms with Crippen LogP contribution in [0, 0.1) is 17.8 Å². The minimum absolute atomic E-state index is 0.161. The van der Waals surface area contributed by atoms with Crippen LogP contribution < -0.4 is 0 Å². The Morgan fingerprint density at radius 1 is 1.21 bits per heavy atom. The molecule has 0 bridgehead atoms. The van der Waals surface area contributed by atoms with Crippen LogP contribution >= 0.6 is 0 Å². The van der Waals surface area contributed by atoms with E-state index >= 15 is 0 Å². The highest BCUT2D eigenvalue weighted by atomic mass is 16.3. The molecule has 0 radical (unpaired) electrons. The highest BCUT2D eigenvalue weighted by Crippen LogP contribution is 2.22. The van der Waals surface area contributed by atoms with Crippen LogP contribution in [0.15, 0.2) is 0 Å². The van der Waals surface area contributed by atoms with E-state index in [4.69, 9.17) is 0 Å². The van der Waals surface area contributed by atoms with Gasteiger partial charge in [-0.15, -0.1) is 5.92 Å². The predicted molar refractivity (Wildman–Crippen MR) is 59.9 cm³/mol. The van der Waals surface area contributed by atoms with Crippen molar-refractivity contribution in [1.29, 1.82) is 0 Å². The summed E-state index contributed by atoms with van der Waals surface area (Å²) in [6.07, 6.45) is 8.97. The number of rotatable bonds is 2. The maximum atomic E-state index is 9.80. The predicted octanol–water partition coefficient (Wildman–Crippen LogP) is 3.12. The summed E-state index contributed by atoms with van der Waals surface area (Å²) in [6, 6.07) is 0. The third-order valence-electron chi connectivity index (χ3n) is 2.92. The van der Waals surface area contributed by atoms with E-state index in [1.54, 1.807) is 0 Å². The SMILES string of the molecule is CCCCC#C[C@@H]1CCCCC[C@H]1O. The molecule has 14 heavy (non-hydrogen) atoms. The summed E-state index contributed by atoms with van der Waals surface area (Å²) < 4.78 is 0. The second-order valence-electron chi connectivity index (χ2n) is 4.24. The standard InChI is InChI=1S/C13H22O/c1-2-3-4-6-9-12-10-7-5-8-11-13(12)14/h12-14H,2-5,7-8,10-11H2,1H3/t12-,13-/m1/s1. The molecule has 0 aromatic rings. The first kappa shape index (κ1) is 11.6. The Bertz CT molecular complexity index is 199. The lowest BCUT2D eigenvalue weighted by atomic mass is 9.98. The molecule has 2 atom stereocenters. The lowest BCUT2D eigenvalue weighted by molar-refractivity contribution is 0.127. The van der Waals surface area contributed by atoms with E-state index in [0.29, 0.717) is 0 Å². The molecular weight excluding hydrogens is 172 g/mol. The van der Waals surface area contributed by atoms with Gasteiger partial charge < -0.3 is 5.11 Å². The summed E-state index contributed by atoms with van der Waals surface area (Å²) in [5.41, 5.74) is 0. The summed E-state index contributed by atoms with van der Waals surface area (Å²) in [4.78, 5) is 0. The summed E-state index contributed by atoms with van der Waals surface area (Å²) in [5, 5.41) is 9.80. The molecule has 0 aromatic heterocycles. The highest BCUT2D eigenvalue weighted by Gasteiger charge is 2.18. The van der Waals surface area contributed by atoms with Crippen LogP contribution in [0.25, 0.3) is 0 Å². The zero-order valence-corrected chi connectivity index (χ0v) is 9.26. The van der Waals surface area contributed by atoms with Gasteiger partial charge >= 0.3 is 0 Å². The van der Waals surface area contributed by atoms with Crippen molar-refractivity contribution in [3.63, 3.8) is 0 Å². The number of hydrogen-bond donors (Lipinski definition) is 1. The quantitative estimate of drug-likeness (QED) is 0.407. The zero-order chi connectivity index (χ0) is 10.2. The molecule has 1 aliphatic carbocycles. The minimum Gasteiger partial charge on any atom is -0.392 e. The third kappa shape index (κ3) is 4.15. The van der Waals surface area contributed by atoms with E-state index in [0.717, 1.165) is 19.3 Å². The zero-order valence-electron chi connectivity index (χ0n) is 9.26. The molecule has 0 unspecified atom stereocenters. The van der Waals surface area contributed by atoms with Crippen LogP contribution in [0.3, 0.4) is 0 Å². The Hall–Kier alpha value is -0.480. The van der Waals surface area contributed by atoms with Crippen molar-refractivity contribution in [2.45, 2.75) is 64.4 Å². The molecule has 1 nitrogen and oxygen atoms in total. The van der Waals surface area contributed by atoms with Crippen LogP contribution in [0.2, 0.25) is 0 Å². The fourth-order valence-electron chi connectivity index (χ4n) is 1.92. The van der Waals surface area contributed by atoms with Gasteiger partial charge in [0.2, 0.25) is 0 Å². The molecule has 1 rings (SSSR count). The Balaban J connectivity index is 2.34. The monoisotopic (exact) mass is 194 g/mol. The molecular formula is C13H22O. The normalized spacial score (nSPS) is 27.6. The van der Waals surface area contributed by atoms with E-state index < -0.39 is 0 Å². The Labute approximate surface area is 87.9 Å². The molecule has 0 heterocycles. The number of unbranched alkanes of at least 4 members (excludes halogenated alkanes) is 2. The van der Waals surface area contributed by atoms with E-state index in [9.17, 15) is 5.11 Å². The Morgan fingerprint density at radius 3 is 2.79 bits per heavy atom. The average Bonchev–Trinajstić information content (AvgIpc) is 2.39. The van der Waals surface area contributed by atoms with E-state index in [-0.39, 0.29) is 12.0 Å². The van der Waals surface area contributed by atoms with Crippen molar-refractivity contribution in [3.8, 4) is 11.8 Å². The second kappa shape index (κ2) is 6.90. The van der Waals surface area contributed by atoms with E-state index in [2.05, 4.69) is 18.8 Å². The lowest BCUT2D eigenvalue weighted by Gasteiger charge is -2.13. The Morgan fingerprint density at radius 2 is 2.00 bits per heavy atom. The van der Waals surface area contributed by atoms with Crippen molar-refractivity contribution >= 4 is 0 Å². The molecule has 0 aliphatic heterocycles. The van der Waals surface area contributed by atoms with Crippen LogP contribution in [0.4, 0.5) is 0 Å². The molecule has 1 saturated carbocycles. The van der Waals surface area contributed by atoms with Crippen LogP contribution in [-0.2, 0) is 0 Å². The fourth-order valence-corrected chi connectivity index (χ4v) is 1.92. The van der Waals surface area contributed by atoms with E-state index in [1.807, 2.05) is 0 Å². The van der Waals surface area contributed by atoms with Gasteiger partial charge in [0.05, 0.1) is 6.10 Å². The topological polar surface area (TPSA) is 20.2 Å². The third-order valence-corrected chi connectivity index (χ3v) is 2.92. The van der Waals surface area contributed by atoms with Crippen LogP contribution in [0.1, 0.15) is 58.3 Å². The van der Waals surface area contributed by atoms with Crippen molar-refractivity contribution in [2.24, 2.45) is 5.92 Å². The first-order valence-electron chi connectivity index (χ1n) is 6.01. The van der Waals surface area contributed by atoms with Gasteiger partial charge in [0.15, 0.2) is 0 Å². The van der Waals surface area contributed by atoms with Crippen molar-refractivity contribution in [1.82, 2.24) is 0 Å². The molecule has 1 heteroatoms. The van der Waals surface area contributed by atoms with Gasteiger partial charge in [-0.05, 0) is 19.3 Å². The molecule has 1 fully saturated rings. The van der Waals surface area contributed by atoms with Gasteiger partial charge in [-0.3, -0.25) is 0 Å². The average molecular weight is 194 g/mol. The first-order valence-corrected chi connectivity index (χ1v) is 6.01. The molecule has 0 saturated heterocycles. The van der Waals surface area contributed by atoms with Gasteiger partial charge in [-0.25, -0.2) is 0 Å². The number of hydrogen-bond acceptors (Lipinski definition) is 1. The van der Waals surface area contributed by atoms with Gasteiger partial charge in [0, 0.05) is 12.3 Å². The molecule has 1 aliphatic rings. The van der Waals surface area contributed by atoms with Crippen molar-refractivity contribution in [2.75, 3.05) is 0 Å². The summed E-state index contributed by atoms with van der Waals surface area (Å²) in [7, 11) is 0. The van der Waals surface area contributed by atoms with Crippen LogP contribution in [0.5, 0.6) is 0 Å². The smallest absolute Gasteiger partial charge is 0.0677 e. The maximum absolute atomic E-state index is 9.80. The van der Waals surface area contributed by atoms with Gasteiger partial charge in [-0.1, -0.05) is 38.5 Å². The molecule has 1 N–H and O–H groups in total. The van der Waals surface area contributed by atoms with Crippen molar-refractivity contribution < 1.29 is 5.11 Å². The Kier molecular flexibility index (Phi) is 5.71. The summed E-state index contributed by atoms with van der Waals surface area (Å²) >= 11 is 0. The largest absolute Gasteiger partial charge is 0.392 e. The highest BCUT2D eigenvalue weighted by molar-refractivity contribution is 5.06. The fraction of sp³-hybridized carbons (Fsp3) is 0.846. The molecule has 0 amide bonds. The van der Waals surface area contributed by atoms with Gasteiger partial charge in [0.1, 0.15) is 0 Å². The number of aliphatic hydroxyl groups is 1. The first-order chi connectivity index (χ1) is 6.84. The van der Waals surface area contributed by atoms with Gasteiger partial charge in [-0.2, -0.15) is 0 Å². The summed E-state index contributed by atoms with van der Waals surface area (Å²) in [6.45, 7) is 2.18.